The third-order valence-electron chi connectivity index (χ3n) is 3.72. The van der Waals surface area contributed by atoms with Gasteiger partial charge in [0.1, 0.15) is 4.90 Å². The lowest BCUT2D eigenvalue weighted by atomic mass is 10.1. The van der Waals surface area contributed by atoms with Gasteiger partial charge in [-0.25, -0.2) is 17.7 Å². The molecule has 1 heterocycles. The van der Waals surface area contributed by atoms with Crippen molar-refractivity contribution in [1.29, 1.82) is 0 Å². The lowest BCUT2D eigenvalue weighted by molar-refractivity contribution is -0.113. The van der Waals surface area contributed by atoms with Gasteiger partial charge in [0.05, 0.1) is 10.8 Å². The molecule has 0 aliphatic carbocycles. The molecule has 2 aromatic rings. The van der Waals surface area contributed by atoms with E-state index in [4.69, 9.17) is 0 Å². The Balaban J connectivity index is 1.97. The van der Waals surface area contributed by atoms with Crippen LogP contribution < -0.4 is 5.32 Å². The molecule has 25 heavy (non-hydrogen) atoms. The van der Waals surface area contributed by atoms with Crippen molar-refractivity contribution in [3.8, 4) is 0 Å². The summed E-state index contributed by atoms with van der Waals surface area (Å²) in [6.45, 7) is 3.95. The minimum atomic E-state index is -3.49. The fourth-order valence-corrected chi connectivity index (χ4v) is 3.52. The summed E-state index contributed by atoms with van der Waals surface area (Å²) in [7, 11) is -0.556. The number of nitrogens with zero attached hydrogens (tertiary/aromatic N) is 2. The van der Waals surface area contributed by atoms with Crippen LogP contribution in [-0.2, 0) is 14.8 Å². The zero-order valence-corrected chi connectivity index (χ0v) is 16.2. The Labute approximate surface area is 152 Å². The van der Waals surface area contributed by atoms with Crippen LogP contribution >= 0.6 is 11.8 Å². The maximum absolute atomic E-state index is 12.1. The Kier molecular flexibility index (Phi) is 6.21. The molecule has 0 atom stereocenters. The van der Waals surface area contributed by atoms with E-state index in [0.29, 0.717) is 5.03 Å². The van der Waals surface area contributed by atoms with Gasteiger partial charge in [-0.05, 0) is 43.2 Å². The fraction of sp³-hybridized carbons (Fsp3) is 0.294. The molecule has 0 aliphatic heterocycles. The predicted molar refractivity (Wildman–Crippen MR) is 100 cm³/mol. The predicted octanol–water partition coefficient (Wildman–Crippen LogP) is 2.68. The number of aromatic nitrogens is 1. The van der Waals surface area contributed by atoms with Crippen molar-refractivity contribution < 1.29 is 13.2 Å². The van der Waals surface area contributed by atoms with E-state index < -0.39 is 10.0 Å². The molecule has 0 saturated heterocycles. The van der Waals surface area contributed by atoms with Crippen LogP contribution in [0.1, 0.15) is 11.1 Å². The second kappa shape index (κ2) is 7.99. The van der Waals surface area contributed by atoms with Gasteiger partial charge in [0.25, 0.3) is 0 Å². The second-order valence-corrected chi connectivity index (χ2v) is 8.85. The molecule has 0 radical (unpaired) electrons. The number of amides is 1. The molecule has 0 aliphatic rings. The normalized spacial score (nSPS) is 11.6. The molecular weight excluding hydrogens is 358 g/mol. The molecule has 6 nitrogen and oxygen atoms in total. The number of pyridine rings is 1. The van der Waals surface area contributed by atoms with Gasteiger partial charge in [-0.15, -0.1) is 0 Å². The number of aryl methyl sites for hydroxylation is 1. The Morgan fingerprint density at radius 3 is 2.52 bits per heavy atom. The molecule has 134 valence electrons. The SMILES string of the molecule is Cc1cccc(NC(=O)CSc2ccc(S(=O)(=O)N(C)C)cn2)c1C. The topological polar surface area (TPSA) is 79.4 Å². The van der Waals surface area contributed by atoms with E-state index in [2.05, 4.69) is 10.3 Å². The Morgan fingerprint density at radius 1 is 1.20 bits per heavy atom. The molecule has 1 amide bonds. The van der Waals surface area contributed by atoms with Gasteiger partial charge in [0.2, 0.25) is 15.9 Å². The van der Waals surface area contributed by atoms with E-state index in [9.17, 15) is 13.2 Å². The summed E-state index contributed by atoms with van der Waals surface area (Å²) in [4.78, 5) is 16.3. The largest absolute Gasteiger partial charge is 0.325 e. The number of rotatable bonds is 6. The molecule has 1 aromatic heterocycles. The van der Waals surface area contributed by atoms with Crippen molar-refractivity contribution in [3.05, 3.63) is 47.7 Å². The number of anilines is 1. The average molecular weight is 380 g/mol. The van der Waals surface area contributed by atoms with Crippen LogP contribution in [0.5, 0.6) is 0 Å². The molecule has 1 N–H and O–H groups in total. The van der Waals surface area contributed by atoms with Crippen LogP contribution in [0.2, 0.25) is 0 Å². The van der Waals surface area contributed by atoms with Crippen molar-refractivity contribution in [2.45, 2.75) is 23.8 Å². The lowest BCUT2D eigenvalue weighted by Crippen LogP contribution is -2.22. The van der Waals surface area contributed by atoms with Crippen molar-refractivity contribution in [2.24, 2.45) is 0 Å². The van der Waals surface area contributed by atoms with Crippen molar-refractivity contribution >= 4 is 33.4 Å². The van der Waals surface area contributed by atoms with Crippen molar-refractivity contribution in [3.63, 3.8) is 0 Å². The number of carbonyl (C=O) groups is 1. The van der Waals surface area contributed by atoms with Gasteiger partial charge >= 0.3 is 0 Å². The molecule has 0 unspecified atom stereocenters. The lowest BCUT2D eigenvalue weighted by Gasteiger charge is -2.11. The second-order valence-electron chi connectivity index (χ2n) is 5.70. The zero-order chi connectivity index (χ0) is 18.6. The molecule has 0 spiro atoms. The summed E-state index contributed by atoms with van der Waals surface area (Å²) >= 11 is 1.25. The van der Waals surface area contributed by atoms with Gasteiger partial charge in [-0.1, -0.05) is 23.9 Å². The molecular formula is C17H21N3O3S2. The number of benzene rings is 1. The monoisotopic (exact) mass is 379 g/mol. The van der Waals surface area contributed by atoms with E-state index in [1.807, 2.05) is 32.0 Å². The molecule has 0 bridgehead atoms. The highest BCUT2D eigenvalue weighted by Crippen LogP contribution is 2.21. The van der Waals surface area contributed by atoms with E-state index in [1.54, 1.807) is 6.07 Å². The molecule has 8 heteroatoms. The van der Waals surface area contributed by atoms with E-state index in [0.717, 1.165) is 21.1 Å². The standard InChI is InChI=1S/C17H21N3O3S2/c1-12-6-5-7-15(13(12)2)19-16(21)11-24-17-9-8-14(10-18-17)25(22,23)20(3)4/h5-10H,11H2,1-4H3,(H,19,21). The van der Waals surface area contributed by atoms with Gasteiger partial charge in [0, 0.05) is 26.0 Å². The minimum Gasteiger partial charge on any atom is -0.325 e. The van der Waals surface area contributed by atoms with Gasteiger partial charge in [-0.3, -0.25) is 4.79 Å². The minimum absolute atomic E-state index is 0.127. The van der Waals surface area contributed by atoms with E-state index >= 15 is 0 Å². The Hall–Kier alpha value is -1.90. The number of thioether (sulfide) groups is 1. The first-order chi connectivity index (χ1) is 11.7. The smallest absolute Gasteiger partial charge is 0.244 e. The first kappa shape index (κ1) is 19.4. The van der Waals surface area contributed by atoms with Crippen LogP contribution in [0, 0.1) is 13.8 Å². The number of carbonyl (C=O) groups excluding carboxylic acids is 1. The third kappa shape index (κ3) is 4.81. The van der Waals surface area contributed by atoms with Crippen LogP contribution in [0.4, 0.5) is 5.69 Å². The molecule has 2 rings (SSSR count). The summed E-state index contributed by atoms with van der Waals surface area (Å²) in [6.07, 6.45) is 1.31. The molecule has 1 aromatic carbocycles. The van der Waals surface area contributed by atoms with Gasteiger partial charge in [-0.2, -0.15) is 0 Å². The third-order valence-corrected chi connectivity index (χ3v) is 6.46. The van der Waals surface area contributed by atoms with Crippen molar-refractivity contribution in [2.75, 3.05) is 25.2 Å². The first-order valence-corrected chi connectivity index (χ1v) is 10.0. The number of hydrogen-bond donors (Lipinski definition) is 1. The fourth-order valence-electron chi connectivity index (χ4n) is 2.03. The summed E-state index contributed by atoms with van der Waals surface area (Å²) in [5, 5.41) is 3.47. The number of hydrogen-bond acceptors (Lipinski definition) is 5. The van der Waals surface area contributed by atoms with Crippen LogP contribution in [0.25, 0.3) is 0 Å². The number of nitrogens with one attached hydrogen (secondary N) is 1. The maximum atomic E-state index is 12.1. The maximum Gasteiger partial charge on any atom is 0.244 e. The summed E-state index contributed by atoms with van der Waals surface area (Å²) in [6, 6.07) is 8.85. The van der Waals surface area contributed by atoms with Crippen LogP contribution in [0.15, 0.2) is 46.5 Å². The first-order valence-electron chi connectivity index (χ1n) is 7.59. The highest BCUT2D eigenvalue weighted by molar-refractivity contribution is 7.99. The van der Waals surface area contributed by atoms with Crippen molar-refractivity contribution in [1.82, 2.24) is 9.29 Å². The Bertz CT molecular complexity index is 863. The average Bonchev–Trinajstić information content (AvgIpc) is 2.57. The van der Waals surface area contributed by atoms with Crippen LogP contribution in [0.3, 0.4) is 0 Å². The summed E-state index contributed by atoms with van der Waals surface area (Å²) in [5.74, 6) is 0.0608. The van der Waals surface area contributed by atoms with Crippen LogP contribution in [-0.4, -0.2) is 43.5 Å². The summed E-state index contributed by atoms with van der Waals surface area (Å²) in [5.41, 5.74) is 2.95. The summed E-state index contributed by atoms with van der Waals surface area (Å²) < 4.78 is 25.1. The number of sulfonamides is 1. The quantitative estimate of drug-likeness (QED) is 0.781. The molecule has 0 saturated carbocycles. The highest BCUT2D eigenvalue weighted by Gasteiger charge is 2.17. The zero-order valence-electron chi connectivity index (χ0n) is 14.6. The Morgan fingerprint density at radius 2 is 1.92 bits per heavy atom. The van der Waals surface area contributed by atoms with E-state index in [-0.39, 0.29) is 16.6 Å². The van der Waals surface area contributed by atoms with Gasteiger partial charge in [0.15, 0.2) is 0 Å². The highest BCUT2D eigenvalue weighted by atomic mass is 32.2. The van der Waals surface area contributed by atoms with E-state index in [1.165, 1.54) is 38.1 Å². The van der Waals surface area contributed by atoms with Gasteiger partial charge < -0.3 is 5.32 Å². The molecule has 0 fully saturated rings.